The zero-order valence-electron chi connectivity index (χ0n) is 8.18. The summed E-state index contributed by atoms with van der Waals surface area (Å²) < 4.78 is 0. The molecule has 0 atom stereocenters. The highest BCUT2D eigenvalue weighted by molar-refractivity contribution is 5.90. The van der Waals surface area contributed by atoms with E-state index in [9.17, 15) is 4.79 Å². The lowest BCUT2D eigenvalue weighted by Crippen LogP contribution is -2.18. The summed E-state index contributed by atoms with van der Waals surface area (Å²) in [4.78, 5) is 10.7. The Labute approximate surface area is 87.4 Å². The third-order valence-corrected chi connectivity index (χ3v) is 2.28. The molecule has 1 aromatic rings. The molecular formula is C10H12N4O. The molecule has 1 aliphatic rings. The fourth-order valence-corrected chi connectivity index (χ4v) is 1.48. The predicted octanol–water partition coefficient (Wildman–Crippen LogP) is 0.706. The van der Waals surface area contributed by atoms with Crippen LogP contribution in [0.25, 0.3) is 0 Å². The Hall–Kier alpha value is -1.91. The van der Waals surface area contributed by atoms with Crippen LogP contribution in [0.3, 0.4) is 0 Å². The molecule has 5 nitrogen and oxygen atoms in total. The predicted molar refractivity (Wildman–Crippen MR) is 56.3 cm³/mol. The van der Waals surface area contributed by atoms with E-state index in [0.29, 0.717) is 11.9 Å². The summed E-state index contributed by atoms with van der Waals surface area (Å²) in [5.41, 5.74) is 5.24. The molecule has 15 heavy (non-hydrogen) atoms. The number of carbonyl (C=O) groups is 1. The number of carbonyl (C=O) groups excluding carboxylic acids is 1. The molecule has 0 fully saturated rings. The number of hydrogen-bond donors (Lipinski definition) is 2. The molecule has 0 unspecified atom stereocenters. The van der Waals surface area contributed by atoms with Crippen LogP contribution in [0.5, 0.6) is 0 Å². The minimum absolute atomic E-state index is 0.185. The van der Waals surface area contributed by atoms with Crippen molar-refractivity contribution in [2.24, 2.45) is 5.73 Å². The average Bonchev–Trinajstić information content (AvgIpc) is 2.71. The van der Waals surface area contributed by atoms with E-state index >= 15 is 0 Å². The molecule has 0 bridgehead atoms. The molecular weight excluding hydrogens is 192 g/mol. The van der Waals surface area contributed by atoms with E-state index in [1.807, 2.05) is 0 Å². The second kappa shape index (κ2) is 4.08. The van der Waals surface area contributed by atoms with Crippen molar-refractivity contribution in [1.82, 2.24) is 10.2 Å². The number of hydrogen-bond acceptors (Lipinski definition) is 4. The lowest BCUT2D eigenvalue weighted by molar-refractivity contribution is 0.0994. The van der Waals surface area contributed by atoms with Gasteiger partial charge in [-0.2, -0.15) is 0 Å². The lowest BCUT2D eigenvalue weighted by Gasteiger charge is -2.11. The Balaban J connectivity index is 2.00. The van der Waals surface area contributed by atoms with Crippen LogP contribution < -0.4 is 11.1 Å². The number of nitrogens with zero attached hydrogens (tertiary/aromatic N) is 2. The normalized spacial score (nSPS) is 15.5. The minimum Gasteiger partial charge on any atom is -0.365 e. The van der Waals surface area contributed by atoms with Gasteiger partial charge in [0.2, 0.25) is 0 Å². The van der Waals surface area contributed by atoms with Gasteiger partial charge in [0.05, 0.1) is 0 Å². The molecule has 2 rings (SSSR count). The van der Waals surface area contributed by atoms with Crippen molar-refractivity contribution < 1.29 is 4.79 Å². The molecule has 78 valence electrons. The van der Waals surface area contributed by atoms with Crippen molar-refractivity contribution in [3.8, 4) is 0 Å². The van der Waals surface area contributed by atoms with E-state index < -0.39 is 5.91 Å². The highest BCUT2D eigenvalue weighted by atomic mass is 16.1. The Morgan fingerprint density at radius 1 is 1.33 bits per heavy atom. The average molecular weight is 204 g/mol. The Kier molecular flexibility index (Phi) is 2.62. The van der Waals surface area contributed by atoms with Gasteiger partial charge < -0.3 is 11.1 Å². The molecule has 0 aliphatic heterocycles. The van der Waals surface area contributed by atoms with Gasteiger partial charge in [0.25, 0.3) is 5.91 Å². The van der Waals surface area contributed by atoms with E-state index in [1.54, 1.807) is 12.1 Å². The standard InChI is InChI=1S/C10H12N4O/c11-10(15)8-5-6-9(14-13-8)12-7-3-1-2-4-7/h1-2,5-7H,3-4H2,(H2,11,15)(H,12,14). The van der Waals surface area contributed by atoms with E-state index in [4.69, 9.17) is 5.73 Å². The Bertz CT molecular complexity index is 377. The maximum absolute atomic E-state index is 10.7. The third-order valence-electron chi connectivity index (χ3n) is 2.28. The smallest absolute Gasteiger partial charge is 0.269 e. The number of rotatable bonds is 3. The van der Waals surface area contributed by atoms with Crippen molar-refractivity contribution in [3.63, 3.8) is 0 Å². The maximum Gasteiger partial charge on any atom is 0.269 e. The van der Waals surface area contributed by atoms with E-state index in [1.165, 1.54) is 0 Å². The van der Waals surface area contributed by atoms with Gasteiger partial charge in [-0.05, 0) is 25.0 Å². The van der Waals surface area contributed by atoms with Gasteiger partial charge in [-0.1, -0.05) is 12.2 Å². The van der Waals surface area contributed by atoms with Gasteiger partial charge in [0, 0.05) is 6.04 Å². The minimum atomic E-state index is -0.559. The molecule has 0 aromatic carbocycles. The Morgan fingerprint density at radius 3 is 2.60 bits per heavy atom. The highest BCUT2D eigenvalue weighted by Gasteiger charge is 2.10. The number of nitrogens with two attached hydrogens (primary N) is 1. The highest BCUT2D eigenvalue weighted by Crippen LogP contribution is 2.14. The molecule has 0 radical (unpaired) electrons. The van der Waals surface area contributed by atoms with Gasteiger partial charge in [-0.3, -0.25) is 4.79 Å². The van der Waals surface area contributed by atoms with E-state index in [2.05, 4.69) is 27.7 Å². The molecule has 1 amide bonds. The van der Waals surface area contributed by atoms with Crippen molar-refractivity contribution in [1.29, 1.82) is 0 Å². The Morgan fingerprint density at radius 2 is 2.07 bits per heavy atom. The van der Waals surface area contributed by atoms with Gasteiger partial charge >= 0.3 is 0 Å². The topological polar surface area (TPSA) is 80.9 Å². The molecule has 1 aromatic heterocycles. The summed E-state index contributed by atoms with van der Waals surface area (Å²) in [7, 11) is 0. The SMILES string of the molecule is NC(=O)c1ccc(NC2CC=CC2)nn1. The van der Waals surface area contributed by atoms with Crippen LogP contribution in [0.4, 0.5) is 5.82 Å². The molecule has 1 heterocycles. The third kappa shape index (κ3) is 2.31. The number of anilines is 1. The van der Waals surface area contributed by atoms with Crippen LogP contribution in [-0.2, 0) is 0 Å². The quantitative estimate of drug-likeness (QED) is 0.710. The second-order valence-electron chi connectivity index (χ2n) is 3.45. The van der Waals surface area contributed by atoms with Crippen molar-refractivity contribution >= 4 is 11.7 Å². The van der Waals surface area contributed by atoms with Gasteiger partial charge in [0.15, 0.2) is 5.69 Å². The fourth-order valence-electron chi connectivity index (χ4n) is 1.48. The van der Waals surface area contributed by atoms with Crippen LogP contribution in [0, 0.1) is 0 Å². The number of aromatic nitrogens is 2. The van der Waals surface area contributed by atoms with Gasteiger partial charge in [-0.15, -0.1) is 10.2 Å². The van der Waals surface area contributed by atoms with Crippen LogP contribution in [0.1, 0.15) is 23.3 Å². The summed E-state index contributed by atoms with van der Waals surface area (Å²) in [6.45, 7) is 0. The van der Waals surface area contributed by atoms with Crippen LogP contribution in [0.2, 0.25) is 0 Å². The molecule has 1 aliphatic carbocycles. The van der Waals surface area contributed by atoms with Gasteiger partial charge in [0.1, 0.15) is 5.82 Å². The summed E-state index contributed by atoms with van der Waals surface area (Å²) in [6.07, 6.45) is 6.25. The lowest BCUT2D eigenvalue weighted by atomic mass is 10.2. The molecule has 5 heteroatoms. The van der Waals surface area contributed by atoms with Gasteiger partial charge in [-0.25, -0.2) is 0 Å². The first-order valence-corrected chi connectivity index (χ1v) is 4.81. The number of amides is 1. The summed E-state index contributed by atoms with van der Waals surface area (Å²) >= 11 is 0. The van der Waals surface area contributed by atoms with Crippen molar-refractivity contribution in [2.45, 2.75) is 18.9 Å². The number of primary amides is 1. The first kappa shape index (κ1) is 9.64. The van der Waals surface area contributed by atoms with Crippen molar-refractivity contribution in [2.75, 3.05) is 5.32 Å². The largest absolute Gasteiger partial charge is 0.365 e. The zero-order valence-corrected chi connectivity index (χ0v) is 8.18. The first-order chi connectivity index (χ1) is 7.25. The van der Waals surface area contributed by atoms with Crippen molar-refractivity contribution in [3.05, 3.63) is 30.0 Å². The van der Waals surface area contributed by atoms with Crippen LogP contribution in [-0.4, -0.2) is 22.1 Å². The summed E-state index contributed by atoms with van der Waals surface area (Å²) in [6, 6.07) is 3.67. The monoisotopic (exact) mass is 204 g/mol. The summed E-state index contributed by atoms with van der Waals surface area (Å²) in [5, 5.41) is 10.8. The number of nitrogens with one attached hydrogen (secondary N) is 1. The molecule has 0 saturated heterocycles. The fraction of sp³-hybridized carbons (Fsp3) is 0.300. The summed E-state index contributed by atoms with van der Waals surface area (Å²) in [5.74, 6) is 0.116. The van der Waals surface area contributed by atoms with Crippen LogP contribution >= 0.6 is 0 Å². The molecule has 0 saturated carbocycles. The van der Waals surface area contributed by atoms with Crippen LogP contribution in [0.15, 0.2) is 24.3 Å². The van der Waals surface area contributed by atoms with E-state index in [0.717, 1.165) is 12.8 Å². The van der Waals surface area contributed by atoms with E-state index in [-0.39, 0.29) is 5.69 Å². The molecule has 3 N–H and O–H groups in total. The first-order valence-electron chi connectivity index (χ1n) is 4.81. The zero-order chi connectivity index (χ0) is 10.7. The maximum atomic E-state index is 10.7. The second-order valence-corrected chi connectivity index (χ2v) is 3.45. The molecule has 0 spiro atoms.